The number of hydrogen-bond donors (Lipinski definition) is 5. The minimum absolute atomic E-state index is 0.0219. The molecule has 0 radical (unpaired) electrons. The summed E-state index contributed by atoms with van der Waals surface area (Å²) >= 11 is 0. The Kier molecular flexibility index (Phi) is 73.4. The van der Waals surface area contributed by atoms with Crippen molar-refractivity contribution in [2.45, 2.75) is 216 Å². The molecule has 6 aromatic rings. The van der Waals surface area contributed by atoms with Crippen molar-refractivity contribution < 1.29 is 141 Å². The number of ketones is 1. The predicted octanol–water partition coefficient (Wildman–Crippen LogP) is 14.5. The first-order valence-electron chi connectivity index (χ1n) is 44.2. The number of Topliss-reactive ketones (excluding diaryl/α,β-unsaturated/α-hetero) is 1. The zero-order valence-electron chi connectivity index (χ0n) is 81.1. The molecule has 0 heterocycles. The summed E-state index contributed by atoms with van der Waals surface area (Å²) in [6, 6.07) is 54.0. The van der Waals surface area contributed by atoms with Crippen LogP contribution in [0.4, 0.5) is 0 Å². The maximum absolute atomic E-state index is 12.0. The number of rotatable bonds is 43. The van der Waals surface area contributed by atoms with Crippen molar-refractivity contribution in [3.05, 3.63) is 215 Å². The Hall–Kier alpha value is -10.6. The van der Waals surface area contributed by atoms with Gasteiger partial charge in [-0.25, -0.2) is 24.0 Å². The van der Waals surface area contributed by atoms with Gasteiger partial charge in [0, 0.05) is 85.8 Å². The predicted molar refractivity (Wildman–Crippen MR) is 547 cm³/mol. The normalized spacial score (nSPS) is 12.1. The average molecular weight is 2090 g/mol. The van der Waals surface area contributed by atoms with E-state index in [-0.39, 0.29) is 152 Å². The lowest BCUT2D eigenvalue weighted by atomic mass is 9.91. The lowest BCUT2D eigenvalue weighted by molar-refractivity contribution is -0.163. The van der Waals surface area contributed by atoms with Crippen molar-refractivity contribution in [2.75, 3.05) is 26.2 Å². The van der Waals surface area contributed by atoms with Gasteiger partial charge in [-0.15, -0.1) is 0 Å². The number of nitrogens with one attached hydrogen (secondary N) is 5. The summed E-state index contributed by atoms with van der Waals surface area (Å²) in [5.41, 5.74) is 4.62. The van der Waals surface area contributed by atoms with E-state index < -0.39 is 84.1 Å². The minimum atomic E-state index is -1.12. The second-order valence-corrected chi connectivity index (χ2v) is 33.2. The number of amides is 5. The molecule has 0 aliphatic heterocycles. The number of benzene rings is 6. The van der Waals surface area contributed by atoms with Crippen molar-refractivity contribution in [1.82, 2.24) is 26.6 Å². The van der Waals surface area contributed by atoms with E-state index in [1.54, 1.807) is 137 Å². The summed E-state index contributed by atoms with van der Waals surface area (Å²) in [5.74, 6) is -7.82. The van der Waals surface area contributed by atoms with Crippen LogP contribution >= 0.6 is 75.7 Å². The highest BCUT2D eigenvalue weighted by Gasteiger charge is 2.32. The first-order valence-corrected chi connectivity index (χ1v) is 48.0. The van der Waals surface area contributed by atoms with Crippen LogP contribution in [-0.4, -0.2) is 145 Å². The van der Waals surface area contributed by atoms with Gasteiger partial charge in [-0.2, -0.15) is 0 Å². The van der Waals surface area contributed by atoms with Crippen molar-refractivity contribution in [2.24, 2.45) is 29.6 Å². The van der Waals surface area contributed by atoms with Crippen molar-refractivity contribution in [1.29, 1.82) is 0 Å². The molecule has 0 spiro atoms. The van der Waals surface area contributed by atoms with Crippen molar-refractivity contribution >= 4 is 183 Å². The Bertz CT molecular complexity index is 4530. The van der Waals surface area contributed by atoms with Gasteiger partial charge < -0.3 is 81.7 Å². The SMILES string of the molecule is CC(C(=O)NCCC(=O)OP)c1ccccc1.CC(C)C(=O)NCCC(=O)OP.CC(C)C(=O)NCCC(=O)O[C@H](C(=O)OP)c1ccccc1.CC(C)C[C@H](NC(=O)C(C)C)C(=O)O[C@@H](C)C(=O)OP.CCCC(=O)O[C@@H](C(=O)OP)c1ccccc1.CCCC(=O)O[C@H](C(=O)OP)c1ccccc1.C[C@H](C(=O)NCCC(=O)OP)c1ccccc1.C[C@H](CC(=O)[C@@H](C)c1ccccc1)C(=O)OP. The molecule has 6 aromatic carbocycles. The van der Waals surface area contributed by atoms with Gasteiger partial charge in [0.2, 0.25) is 47.8 Å². The third-order valence-electron chi connectivity index (χ3n) is 18.7. The number of ether oxygens (including phenoxy) is 4. The largest absolute Gasteiger partial charge is 0.451 e. The fourth-order valence-electron chi connectivity index (χ4n) is 10.7. The van der Waals surface area contributed by atoms with Gasteiger partial charge in [-0.05, 0) is 62.6 Å². The van der Waals surface area contributed by atoms with Crippen LogP contribution in [0.3, 0.4) is 0 Å². The molecule has 0 aliphatic rings. The van der Waals surface area contributed by atoms with Gasteiger partial charge in [0.25, 0.3) is 0 Å². The molecule has 139 heavy (non-hydrogen) atoms. The minimum Gasteiger partial charge on any atom is -0.451 e. The Labute approximate surface area is 833 Å². The maximum atomic E-state index is 12.0. The van der Waals surface area contributed by atoms with Gasteiger partial charge in [0.15, 0.2) is 6.10 Å². The van der Waals surface area contributed by atoms with E-state index in [1.807, 2.05) is 218 Å². The fourth-order valence-corrected chi connectivity index (χ4v) is 11.8. The number of carbonyl (C=O) groups is 18. The molecule has 9 unspecified atom stereocenters. The summed E-state index contributed by atoms with van der Waals surface area (Å²) < 4.78 is 56.1. The average Bonchev–Trinajstić information content (AvgIpc) is 0.869. The Morgan fingerprint density at radius 2 is 0.518 bits per heavy atom. The van der Waals surface area contributed by atoms with Gasteiger partial charge in [0.05, 0.1) is 119 Å². The molecule has 35 nitrogen and oxygen atoms in total. The fraction of sp³-hybridized carbons (Fsp3) is 0.438. The summed E-state index contributed by atoms with van der Waals surface area (Å²) in [7, 11) is 14.9. The van der Waals surface area contributed by atoms with Gasteiger partial charge in [0.1, 0.15) is 11.8 Å². The zero-order chi connectivity index (χ0) is 105. The molecule has 0 saturated carbocycles. The Morgan fingerprint density at radius 1 is 0.266 bits per heavy atom. The molecule has 5 amide bonds. The molecule has 6 rings (SSSR count). The molecular weight excluding hydrogens is 1950 g/mol. The first-order chi connectivity index (χ1) is 65.9. The summed E-state index contributed by atoms with van der Waals surface area (Å²) in [5, 5.41) is 13.2. The number of hydrogen-bond acceptors (Lipinski definition) is 30. The topological polar surface area (TPSA) is 478 Å². The molecular formula is C96H137N5O30P8. The van der Waals surface area contributed by atoms with Gasteiger partial charge in [-0.1, -0.05) is 265 Å². The highest BCUT2D eigenvalue weighted by molar-refractivity contribution is 7.12. The lowest BCUT2D eigenvalue weighted by Crippen LogP contribution is -2.45. The molecule has 43 heteroatoms. The third kappa shape index (κ3) is 59.6. The second-order valence-electron chi connectivity index (χ2n) is 31.4. The monoisotopic (exact) mass is 2090 g/mol. The second kappa shape index (κ2) is 78.2. The van der Waals surface area contributed by atoms with Crippen molar-refractivity contribution in [3.8, 4) is 0 Å². The van der Waals surface area contributed by atoms with E-state index in [2.05, 4.69) is 62.8 Å². The molecule has 5 N–H and O–H groups in total. The van der Waals surface area contributed by atoms with Crippen LogP contribution in [0.5, 0.6) is 0 Å². The zero-order valence-corrected chi connectivity index (χ0v) is 90.3. The van der Waals surface area contributed by atoms with Crippen LogP contribution in [-0.2, 0) is 141 Å². The van der Waals surface area contributed by atoms with E-state index in [0.29, 0.717) is 55.6 Å². The molecule has 766 valence electrons. The van der Waals surface area contributed by atoms with Crippen LogP contribution in [0.15, 0.2) is 182 Å². The Morgan fingerprint density at radius 3 is 0.770 bits per heavy atom. The molecule has 17 atom stereocenters. The van der Waals surface area contributed by atoms with Crippen LogP contribution in [0.25, 0.3) is 0 Å². The van der Waals surface area contributed by atoms with Gasteiger partial charge >= 0.3 is 71.6 Å². The van der Waals surface area contributed by atoms with Crippen molar-refractivity contribution in [3.63, 3.8) is 0 Å². The van der Waals surface area contributed by atoms with Crippen LogP contribution in [0, 0.1) is 29.6 Å². The molecule has 0 bridgehead atoms. The molecule has 0 aromatic heterocycles. The quantitative estimate of drug-likeness (QED) is 0.0135. The summed E-state index contributed by atoms with van der Waals surface area (Å²) in [4.78, 5) is 206. The van der Waals surface area contributed by atoms with E-state index in [9.17, 15) is 86.3 Å². The lowest BCUT2D eigenvalue weighted by Gasteiger charge is -2.21. The highest BCUT2D eigenvalue weighted by Crippen LogP contribution is 2.26. The summed E-state index contributed by atoms with van der Waals surface area (Å²) in [6.07, 6.45) is -0.990. The van der Waals surface area contributed by atoms with E-state index in [0.717, 1.165) is 16.7 Å². The van der Waals surface area contributed by atoms with Crippen LogP contribution in [0.2, 0.25) is 0 Å². The van der Waals surface area contributed by atoms with E-state index >= 15 is 0 Å². The van der Waals surface area contributed by atoms with E-state index in [1.165, 1.54) is 6.92 Å². The number of esters is 4. The maximum Gasteiger partial charge on any atom is 0.354 e. The Balaban J connectivity index is 0. The standard InChI is InChI=1S/C15H20NO5P.C13H24NO5P.C13H17O3P.2C12H16NO3P.2C12H15O4P.C7H14NO3P/c1-10(2)14(18)16-9-8-12(17)20-13(15(19)21-22)11-6-4-3-5-7-11;1-7(2)6-10(14-11(15)8(3)4)13(17)18-9(5)12(16)19-20;1-9(13(15)16-17)8-12(14)10(2)11-6-4-3-5-7-11;2*1-9(10-5-3-2-4-6-10)12(15)13-8-7-11(14)16-17;2*1-2-6-10(13)15-11(12(14)16-17)9-7-4-3-5-8-9;1-5(2)7(10)8-4-3-6(9)11-12/h3-7,10,13H,8-9,22H2,1-2H3,(H,16,18);7-10H,6,20H2,1-5H3,(H,14,15);3-7,9-10H,8,17H2,1-2H3;2*2-6,9H,7-8,17H2,1H3,(H,13,15);2*3-5,7-8,11H,2,6,17H2,1H3;5H,3-4,12H2,1-2H3,(H,8,10)/t13-;9-,10-;9-,10+;9-;;2*11-;/m0010.10./s1. The highest BCUT2D eigenvalue weighted by atomic mass is 31.0. The number of carbonyl (C=O) groups excluding carboxylic acids is 18. The smallest absolute Gasteiger partial charge is 0.354 e. The van der Waals surface area contributed by atoms with Gasteiger partial charge in [-0.3, -0.25) is 62.3 Å². The van der Waals surface area contributed by atoms with E-state index in [4.69, 9.17) is 18.9 Å². The van der Waals surface area contributed by atoms with Crippen LogP contribution in [0.1, 0.15) is 238 Å². The molecule has 0 aliphatic carbocycles. The molecule has 0 fully saturated rings. The first kappa shape index (κ1) is 130. The molecule has 0 saturated heterocycles. The summed E-state index contributed by atoms with van der Waals surface area (Å²) in [6.45, 7) is 27.9. The van der Waals surface area contributed by atoms with Crippen LogP contribution < -0.4 is 26.6 Å². The third-order valence-corrected chi connectivity index (χ3v) is 20.6.